The van der Waals surface area contributed by atoms with Crippen LogP contribution in [0.5, 0.6) is 5.75 Å². The van der Waals surface area contributed by atoms with Crippen LogP contribution in [0.25, 0.3) is 0 Å². The Labute approximate surface area is 113 Å². The summed E-state index contributed by atoms with van der Waals surface area (Å²) in [6.45, 7) is 2.56. The molecule has 0 aliphatic rings. The van der Waals surface area contributed by atoms with E-state index >= 15 is 0 Å². The molecule has 3 heteroatoms. The van der Waals surface area contributed by atoms with Crippen LogP contribution in [0.2, 0.25) is 0 Å². The Bertz CT molecular complexity index is 561. The number of hydrogen-bond donors (Lipinski definition) is 1. The fourth-order valence-electron chi connectivity index (χ4n) is 1.85. The number of anilines is 1. The van der Waals surface area contributed by atoms with E-state index in [-0.39, 0.29) is 5.78 Å². The van der Waals surface area contributed by atoms with Crippen LogP contribution in [0, 0.1) is 0 Å². The number of carbonyl (C=O) groups is 1. The van der Waals surface area contributed by atoms with Gasteiger partial charge in [-0.05, 0) is 43.3 Å². The Morgan fingerprint density at radius 3 is 2.47 bits per heavy atom. The maximum Gasteiger partial charge on any atom is 0.193 e. The van der Waals surface area contributed by atoms with Crippen molar-refractivity contribution in [2.24, 2.45) is 0 Å². The Hall–Kier alpha value is -2.29. The van der Waals surface area contributed by atoms with Crippen LogP contribution in [0.4, 0.5) is 5.69 Å². The Balaban J connectivity index is 2.22. The number of nitrogens with one attached hydrogen (secondary N) is 1. The molecule has 2 aromatic rings. The fraction of sp³-hybridized carbons (Fsp3) is 0.188. The molecule has 0 saturated carbocycles. The van der Waals surface area contributed by atoms with E-state index in [1.165, 1.54) is 0 Å². The lowest BCUT2D eigenvalue weighted by Gasteiger charge is -2.06. The third-order valence-electron chi connectivity index (χ3n) is 2.84. The zero-order valence-electron chi connectivity index (χ0n) is 11.1. The number of ether oxygens (including phenoxy) is 1. The highest BCUT2D eigenvalue weighted by atomic mass is 16.5. The molecule has 1 N–H and O–H groups in total. The summed E-state index contributed by atoms with van der Waals surface area (Å²) < 4.78 is 5.36. The Kier molecular flexibility index (Phi) is 4.18. The molecule has 0 aliphatic heterocycles. The van der Waals surface area contributed by atoms with Gasteiger partial charge in [-0.2, -0.15) is 0 Å². The largest absolute Gasteiger partial charge is 0.494 e. The van der Waals surface area contributed by atoms with Gasteiger partial charge in [0.2, 0.25) is 0 Å². The lowest BCUT2D eigenvalue weighted by Crippen LogP contribution is -2.02. The van der Waals surface area contributed by atoms with Gasteiger partial charge in [0.05, 0.1) is 6.61 Å². The molecule has 2 aromatic carbocycles. The smallest absolute Gasteiger partial charge is 0.193 e. The molecule has 3 nitrogen and oxygen atoms in total. The van der Waals surface area contributed by atoms with Crippen LogP contribution < -0.4 is 10.1 Å². The van der Waals surface area contributed by atoms with Crippen molar-refractivity contribution in [2.75, 3.05) is 19.0 Å². The van der Waals surface area contributed by atoms with Crippen LogP contribution in [-0.2, 0) is 0 Å². The summed E-state index contributed by atoms with van der Waals surface area (Å²) in [5.41, 5.74) is 2.27. The number of ketones is 1. The molecule has 98 valence electrons. The minimum absolute atomic E-state index is 0.0140. The molecule has 0 saturated heterocycles. The number of hydrogen-bond acceptors (Lipinski definition) is 3. The quantitative estimate of drug-likeness (QED) is 0.832. The maximum atomic E-state index is 12.3. The van der Waals surface area contributed by atoms with E-state index in [2.05, 4.69) is 5.32 Å². The Morgan fingerprint density at radius 1 is 1.11 bits per heavy atom. The van der Waals surface area contributed by atoms with E-state index in [4.69, 9.17) is 4.74 Å². The van der Waals surface area contributed by atoms with Gasteiger partial charge in [-0.3, -0.25) is 4.79 Å². The summed E-state index contributed by atoms with van der Waals surface area (Å²) in [6.07, 6.45) is 0. The van der Waals surface area contributed by atoms with E-state index in [1.54, 1.807) is 12.1 Å². The van der Waals surface area contributed by atoms with Crippen molar-refractivity contribution in [3.63, 3.8) is 0 Å². The molecule has 0 spiro atoms. The SMILES string of the molecule is CCOc1ccc(C(=O)c2cccc(NC)c2)cc1. The number of carbonyl (C=O) groups excluding carboxylic acids is 1. The van der Waals surface area contributed by atoms with Crippen LogP contribution in [0.3, 0.4) is 0 Å². The first kappa shape index (κ1) is 13.1. The van der Waals surface area contributed by atoms with Gasteiger partial charge in [-0.15, -0.1) is 0 Å². The highest BCUT2D eigenvalue weighted by molar-refractivity contribution is 6.09. The van der Waals surface area contributed by atoms with Crippen molar-refractivity contribution in [3.05, 3.63) is 59.7 Å². The van der Waals surface area contributed by atoms with Crippen LogP contribution >= 0.6 is 0 Å². The fourth-order valence-corrected chi connectivity index (χ4v) is 1.85. The van der Waals surface area contributed by atoms with Crippen molar-refractivity contribution in [3.8, 4) is 5.75 Å². The monoisotopic (exact) mass is 255 g/mol. The first-order valence-electron chi connectivity index (χ1n) is 6.30. The number of rotatable bonds is 5. The molecule has 0 unspecified atom stereocenters. The first-order chi connectivity index (χ1) is 9.24. The molecule has 0 radical (unpaired) electrons. The number of benzene rings is 2. The zero-order chi connectivity index (χ0) is 13.7. The lowest BCUT2D eigenvalue weighted by molar-refractivity contribution is 0.103. The van der Waals surface area contributed by atoms with Gasteiger partial charge in [0.1, 0.15) is 5.75 Å². The lowest BCUT2D eigenvalue weighted by atomic mass is 10.0. The van der Waals surface area contributed by atoms with Gasteiger partial charge in [0, 0.05) is 23.9 Å². The van der Waals surface area contributed by atoms with Crippen LogP contribution in [-0.4, -0.2) is 19.4 Å². The molecule has 0 aromatic heterocycles. The predicted molar refractivity (Wildman–Crippen MR) is 77.0 cm³/mol. The second-order valence-corrected chi connectivity index (χ2v) is 4.12. The molecule has 0 heterocycles. The summed E-state index contributed by atoms with van der Waals surface area (Å²) >= 11 is 0. The molecular weight excluding hydrogens is 238 g/mol. The second kappa shape index (κ2) is 6.05. The molecule has 19 heavy (non-hydrogen) atoms. The highest BCUT2D eigenvalue weighted by Crippen LogP contribution is 2.17. The normalized spacial score (nSPS) is 10.0. The Morgan fingerprint density at radius 2 is 1.84 bits per heavy atom. The predicted octanol–water partition coefficient (Wildman–Crippen LogP) is 3.36. The summed E-state index contributed by atoms with van der Waals surface area (Å²) in [5, 5.41) is 3.03. The van der Waals surface area contributed by atoms with E-state index in [1.807, 2.05) is 50.4 Å². The van der Waals surface area contributed by atoms with Gasteiger partial charge in [0.15, 0.2) is 5.78 Å². The van der Waals surface area contributed by atoms with Crippen molar-refractivity contribution in [2.45, 2.75) is 6.92 Å². The second-order valence-electron chi connectivity index (χ2n) is 4.12. The third-order valence-corrected chi connectivity index (χ3v) is 2.84. The van der Waals surface area contributed by atoms with Gasteiger partial charge in [0.25, 0.3) is 0 Å². The van der Waals surface area contributed by atoms with E-state index < -0.39 is 0 Å². The van der Waals surface area contributed by atoms with E-state index in [0.717, 1.165) is 11.4 Å². The van der Waals surface area contributed by atoms with Crippen molar-refractivity contribution >= 4 is 11.5 Å². The van der Waals surface area contributed by atoms with Crippen LogP contribution in [0.1, 0.15) is 22.8 Å². The minimum atomic E-state index is 0.0140. The highest BCUT2D eigenvalue weighted by Gasteiger charge is 2.09. The van der Waals surface area contributed by atoms with Gasteiger partial charge >= 0.3 is 0 Å². The van der Waals surface area contributed by atoms with Gasteiger partial charge < -0.3 is 10.1 Å². The van der Waals surface area contributed by atoms with Gasteiger partial charge in [-0.1, -0.05) is 12.1 Å². The summed E-state index contributed by atoms with van der Waals surface area (Å²) in [6, 6.07) is 14.7. The standard InChI is InChI=1S/C16H17NO2/c1-3-19-15-9-7-12(8-10-15)16(18)13-5-4-6-14(11-13)17-2/h4-11,17H,3H2,1-2H3. The molecule has 2 rings (SSSR count). The molecule has 0 bridgehead atoms. The summed E-state index contributed by atoms with van der Waals surface area (Å²) in [4.78, 5) is 12.3. The van der Waals surface area contributed by atoms with Crippen molar-refractivity contribution in [1.29, 1.82) is 0 Å². The summed E-state index contributed by atoms with van der Waals surface area (Å²) in [5.74, 6) is 0.795. The van der Waals surface area contributed by atoms with Crippen LogP contribution in [0.15, 0.2) is 48.5 Å². The maximum absolute atomic E-state index is 12.3. The molecular formula is C16H17NO2. The molecule has 0 aliphatic carbocycles. The molecule has 0 fully saturated rings. The minimum Gasteiger partial charge on any atom is -0.494 e. The molecule has 0 amide bonds. The topological polar surface area (TPSA) is 38.3 Å². The molecule has 0 atom stereocenters. The van der Waals surface area contributed by atoms with E-state index in [9.17, 15) is 4.79 Å². The van der Waals surface area contributed by atoms with Crippen molar-refractivity contribution < 1.29 is 9.53 Å². The first-order valence-corrected chi connectivity index (χ1v) is 6.30. The van der Waals surface area contributed by atoms with E-state index in [0.29, 0.717) is 17.7 Å². The average molecular weight is 255 g/mol. The summed E-state index contributed by atoms with van der Waals surface area (Å²) in [7, 11) is 1.83. The zero-order valence-corrected chi connectivity index (χ0v) is 11.1. The van der Waals surface area contributed by atoms with Crippen molar-refractivity contribution in [1.82, 2.24) is 0 Å². The third kappa shape index (κ3) is 3.13. The average Bonchev–Trinajstić information content (AvgIpc) is 2.48. The van der Waals surface area contributed by atoms with Gasteiger partial charge in [-0.25, -0.2) is 0 Å².